The normalized spacial score (nSPS) is 17.4. The SMILES string of the molecule is CC(C)C(CC(=O)N1CCC(N)CC1)c1ccccc1.Cl. The minimum absolute atomic E-state index is 0. The van der Waals surface area contributed by atoms with Gasteiger partial charge in [-0.15, -0.1) is 12.4 Å². The van der Waals surface area contributed by atoms with Gasteiger partial charge >= 0.3 is 0 Å². The van der Waals surface area contributed by atoms with E-state index in [4.69, 9.17) is 5.73 Å². The van der Waals surface area contributed by atoms with Crippen molar-refractivity contribution >= 4 is 18.3 Å². The number of hydrogen-bond donors (Lipinski definition) is 1. The molecule has 2 rings (SSSR count). The van der Waals surface area contributed by atoms with Crippen LogP contribution in [0.3, 0.4) is 0 Å². The summed E-state index contributed by atoms with van der Waals surface area (Å²) in [7, 11) is 0. The van der Waals surface area contributed by atoms with E-state index < -0.39 is 0 Å². The lowest BCUT2D eigenvalue weighted by atomic mass is 9.85. The van der Waals surface area contributed by atoms with E-state index >= 15 is 0 Å². The lowest BCUT2D eigenvalue weighted by Gasteiger charge is -2.32. The highest BCUT2D eigenvalue weighted by atomic mass is 35.5. The fourth-order valence-corrected chi connectivity index (χ4v) is 2.90. The second-order valence-electron chi connectivity index (χ2n) is 6.18. The molecule has 1 fully saturated rings. The Labute approximate surface area is 134 Å². The summed E-state index contributed by atoms with van der Waals surface area (Å²) >= 11 is 0. The summed E-state index contributed by atoms with van der Waals surface area (Å²) in [6.07, 6.45) is 2.48. The Morgan fingerprint density at radius 3 is 2.33 bits per heavy atom. The minimum atomic E-state index is 0. The second-order valence-corrected chi connectivity index (χ2v) is 6.18. The van der Waals surface area contributed by atoms with Crippen molar-refractivity contribution < 1.29 is 4.79 Å². The zero-order valence-corrected chi connectivity index (χ0v) is 13.8. The van der Waals surface area contributed by atoms with Gasteiger partial charge in [-0.2, -0.15) is 0 Å². The summed E-state index contributed by atoms with van der Waals surface area (Å²) in [6, 6.07) is 10.7. The molecule has 1 aliphatic rings. The van der Waals surface area contributed by atoms with Crippen LogP contribution in [-0.2, 0) is 4.79 Å². The van der Waals surface area contributed by atoms with Crippen LogP contribution in [0.1, 0.15) is 44.6 Å². The first-order chi connectivity index (χ1) is 9.58. The molecule has 0 radical (unpaired) electrons. The topological polar surface area (TPSA) is 46.3 Å². The van der Waals surface area contributed by atoms with Crippen LogP contribution in [0.15, 0.2) is 30.3 Å². The minimum Gasteiger partial charge on any atom is -0.343 e. The van der Waals surface area contributed by atoms with Gasteiger partial charge in [0.1, 0.15) is 0 Å². The highest BCUT2D eigenvalue weighted by molar-refractivity contribution is 5.85. The number of carbonyl (C=O) groups is 1. The van der Waals surface area contributed by atoms with E-state index in [9.17, 15) is 4.79 Å². The summed E-state index contributed by atoms with van der Waals surface area (Å²) in [5.74, 6) is 1.05. The number of amides is 1. The Kier molecular flexibility index (Phi) is 7.20. The summed E-state index contributed by atoms with van der Waals surface area (Å²) in [5, 5.41) is 0. The highest BCUT2D eigenvalue weighted by Gasteiger charge is 2.25. The number of nitrogens with two attached hydrogens (primary N) is 1. The number of halogens is 1. The molecule has 0 aliphatic carbocycles. The molecule has 2 N–H and O–H groups in total. The van der Waals surface area contributed by atoms with Crippen molar-refractivity contribution in [1.29, 1.82) is 0 Å². The summed E-state index contributed by atoms with van der Waals surface area (Å²) in [5.41, 5.74) is 7.17. The molecule has 118 valence electrons. The second kappa shape index (κ2) is 8.40. The molecule has 3 nitrogen and oxygen atoms in total. The highest BCUT2D eigenvalue weighted by Crippen LogP contribution is 2.28. The molecule has 1 saturated heterocycles. The van der Waals surface area contributed by atoms with Crippen molar-refractivity contribution in [3.05, 3.63) is 35.9 Å². The Balaban J connectivity index is 0.00000220. The first-order valence-electron chi connectivity index (χ1n) is 7.66. The van der Waals surface area contributed by atoms with Gasteiger partial charge in [-0.05, 0) is 30.2 Å². The first-order valence-corrected chi connectivity index (χ1v) is 7.66. The lowest BCUT2D eigenvalue weighted by molar-refractivity contribution is -0.132. The van der Waals surface area contributed by atoms with Crippen LogP contribution in [-0.4, -0.2) is 29.9 Å². The molecule has 4 heteroatoms. The van der Waals surface area contributed by atoms with Crippen molar-refractivity contribution in [2.24, 2.45) is 11.7 Å². The van der Waals surface area contributed by atoms with Gasteiger partial charge in [-0.25, -0.2) is 0 Å². The van der Waals surface area contributed by atoms with Crippen molar-refractivity contribution in [3.63, 3.8) is 0 Å². The molecule has 0 saturated carbocycles. The summed E-state index contributed by atoms with van der Waals surface area (Å²) < 4.78 is 0. The fraction of sp³-hybridized carbons (Fsp3) is 0.588. The van der Waals surface area contributed by atoms with Crippen LogP contribution in [0.4, 0.5) is 0 Å². The van der Waals surface area contributed by atoms with E-state index in [1.165, 1.54) is 5.56 Å². The number of piperidine rings is 1. The maximum atomic E-state index is 12.5. The van der Waals surface area contributed by atoms with Crippen LogP contribution in [0, 0.1) is 5.92 Å². The van der Waals surface area contributed by atoms with Gasteiger partial charge in [0.25, 0.3) is 0 Å². The Bertz CT molecular complexity index is 428. The zero-order chi connectivity index (χ0) is 14.5. The largest absolute Gasteiger partial charge is 0.343 e. The molecule has 1 heterocycles. The van der Waals surface area contributed by atoms with E-state index in [1.807, 2.05) is 11.0 Å². The van der Waals surface area contributed by atoms with Crippen molar-refractivity contribution in [2.45, 2.75) is 45.1 Å². The molecule has 1 amide bonds. The molecule has 1 atom stereocenters. The maximum Gasteiger partial charge on any atom is 0.223 e. The van der Waals surface area contributed by atoms with Gasteiger partial charge in [-0.3, -0.25) is 4.79 Å². The van der Waals surface area contributed by atoms with E-state index in [2.05, 4.69) is 38.1 Å². The van der Waals surface area contributed by atoms with Gasteiger partial charge in [0, 0.05) is 25.6 Å². The summed E-state index contributed by atoms with van der Waals surface area (Å²) in [4.78, 5) is 14.5. The molecular weight excluding hydrogens is 284 g/mol. The fourth-order valence-electron chi connectivity index (χ4n) is 2.90. The lowest BCUT2D eigenvalue weighted by Crippen LogP contribution is -2.43. The third-order valence-electron chi connectivity index (χ3n) is 4.32. The predicted octanol–water partition coefficient (Wildman–Crippen LogP) is 3.19. The van der Waals surface area contributed by atoms with Gasteiger partial charge in [0.05, 0.1) is 0 Å². The average Bonchev–Trinajstić information content (AvgIpc) is 2.46. The molecule has 1 unspecified atom stereocenters. The molecule has 0 spiro atoms. The molecule has 0 bridgehead atoms. The number of rotatable bonds is 4. The molecule has 1 aliphatic heterocycles. The number of hydrogen-bond acceptors (Lipinski definition) is 2. The monoisotopic (exact) mass is 310 g/mol. The number of likely N-dealkylation sites (tertiary alicyclic amines) is 1. The Hall–Kier alpha value is -1.06. The number of nitrogens with zero attached hydrogens (tertiary/aromatic N) is 1. The van der Waals surface area contributed by atoms with Gasteiger partial charge < -0.3 is 10.6 Å². The molecular formula is C17H27ClN2O. The van der Waals surface area contributed by atoms with Crippen molar-refractivity contribution in [3.8, 4) is 0 Å². The Morgan fingerprint density at radius 2 is 1.81 bits per heavy atom. The third-order valence-corrected chi connectivity index (χ3v) is 4.32. The first kappa shape index (κ1) is 18.0. The average molecular weight is 311 g/mol. The number of carbonyl (C=O) groups excluding carboxylic acids is 1. The Morgan fingerprint density at radius 1 is 1.24 bits per heavy atom. The van der Waals surface area contributed by atoms with Crippen LogP contribution in [0.25, 0.3) is 0 Å². The zero-order valence-electron chi connectivity index (χ0n) is 13.0. The molecule has 0 aromatic heterocycles. The summed E-state index contributed by atoms with van der Waals surface area (Å²) in [6.45, 7) is 6.02. The quantitative estimate of drug-likeness (QED) is 0.928. The van der Waals surface area contributed by atoms with Crippen LogP contribution < -0.4 is 5.73 Å². The van der Waals surface area contributed by atoms with Crippen molar-refractivity contribution in [2.75, 3.05) is 13.1 Å². The number of benzene rings is 1. The van der Waals surface area contributed by atoms with Gasteiger partial charge in [0.15, 0.2) is 0 Å². The van der Waals surface area contributed by atoms with Crippen LogP contribution >= 0.6 is 12.4 Å². The maximum absolute atomic E-state index is 12.5. The molecule has 1 aromatic carbocycles. The third kappa shape index (κ3) is 5.01. The molecule has 21 heavy (non-hydrogen) atoms. The van der Waals surface area contributed by atoms with Crippen LogP contribution in [0.5, 0.6) is 0 Å². The standard InChI is InChI=1S/C17H26N2O.ClH/c1-13(2)16(14-6-4-3-5-7-14)12-17(20)19-10-8-15(18)9-11-19;/h3-7,13,15-16H,8-12,18H2,1-2H3;1H. The van der Waals surface area contributed by atoms with E-state index in [0.29, 0.717) is 18.3 Å². The smallest absolute Gasteiger partial charge is 0.223 e. The van der Waals surface area contributed by atoms with Crippen molar-refractivity contribution in [1.82, 2.24) is 4.90 Å². The van der Waals surface area contributed by atoms with Gasteiger partial charge in [0.2, 0.25) is 5.91 Å². The van der Waals surface area contributed by atoms with E-state index in [0.717, 1.165) is 25.9 Å². The predicted molar refractivity (Wildman–Crippen MR) is 89.7 cm³/mol. The van der Waals surface area contributed by atoms with E-state index in [1.54, 1.807) is 0 Å². The molecule has 1 aromatic rings. The van der Waals surface area contributed by atoms with E-state index in [-0.39, 0.29) is 24.4 Å². The van der Waals surface area contributed by atoms with Crippen LogP contribution in [0.2, 0.25) is 0 Å². The van der Waals surface area contributed by atoms with Gasteiger partial charge in [-0.1, -0.05) is 44.2 Å².